The molecule has 1 heterocycles. The van der Waals surface area contributed by atoms with Crippen molar-refractivity contribution in [3.8, 4) is 5.75 Å². The van der Waals surface area contributed by atoms with Crippen molar-refractivity contribution in [2.24, 2.45) is 0 Å². The third kappa shape index (κ3) is 4.49. The van der Waals surface area contributed by atoms with Crippen LogP contribution < -0.4 is 10.1 Å². The zero-order valence-electron chi connectivity index (χ0n) is 11.8. The van der Waals surface area contributed by atoms with Crippen molar-refractivity contribution in [3.05, 3.63) is 48.4 Å². The molecule has 1 N–H and O–H groups in total. The van der Waals surface area contributed by atoms with Gasteiger partial charge in [0, 0.05) is 18.5 Å². The molecule has 0 saturated carbocycles. The summed E-state index contributed by atoms with van der Waals surface area (Å²) in [7, 11) is 0. The second-order valence-electron chi connectivity index (χ2n) is 4.41. The summed E-state index contributed by atoms with van der Waals surface area (Å²) in [6.07, 6.45) is 1.68. The highest BCUT2D eigenvalue weighted by molar-refractivity contribution is 5.98. The minimum absolute atomic E-state index is 0.118. The van der Waals surface area contributed by atoms with Gasteiger partial charge in [0.15, 0.2) is 11.5 Å². The molecule has 5 heteroatoms. The van der Waals surface area contributed by atoms with Crippen molar-refractivity contribution in [1.29, 1.82) is 0 Å². The summed E-state index contributed by atoms with van der Waals surface area (Å²) in [6, 6.07) is 10.3. The molecule has 0 aliphatic heterocycles. The molecule has 0 atom stereocenters. The Morgan fingerprint density at radius 2 is 1.90 bits per heavy atom. The molecule has 110 valence electrons. The topological polar surface area (TPSA) is 68.5 Å². The summed E-state index contributed by atoms with van der Waals surface area (Å²) in [5, 5.41) is 2.73. The van der Waals surface area contributed by atoms with Crippen LogP contribution in [0, 0.1) is 0 Å². The van der Waals surface area contributed by atoms with Gasteiger partial charge in [-0.05, 0) is 43.3 Å². The SMILES string of the molecule is CCOc1ccc(NC(=O)CCC(=O)c2ccco2)cc1. The summed E-state index contributed by atoms with van der Waals surface area (Å²) >= 11 is 0. The molecule has 1 aromatic heterocycles. The van der Waals surface area contributed by atoms with Gasteiger partial charge < -0.3 is 14.5 Å². The van der Waals surface area contributed by atoms with Gasteiger partial charge in [-0.1, -0.05) is 0 Å². The molecular formula is C16H17NO4. The molecule has 0 aliphatic carbocycles. The van der Waals surface area contributed by atoms with Crippen LogP contribution in [0.25, 0.3) is 0 Å². The normalized spacial score (nSPS) is 10.1. The second kappa shape index (κ2) is 7.28. The highest BCUT2D eigenvalue weighted by Crippen LogP contribution is 2.16. The minimum Gasteiger partial charge on any atom is -0.494 e. The molecule has 21 heavy (non-hydrogen) atoms. The van der Waals surface area contributed by atoms with Gasteiger partial charge in [0.05, 0.1) is 12.9 Å². The van der Waals surface area contributed by atoms with Crippen LogP contribution in [0.4, 0.5) is 5.69 Å². The van der Waals surface area contributed by atoms with Gasteiger partial charge in [-0.25, -0.2) is 0 Å². The second-order valence-corrected chi connectivity index (χ2v) is 4.41. The van der Waals surface area contributed by atoms with Crippen LogP contribution in [0.15, 0.2) is 47.1 Å². The predicted molar refractivity (Wildman–Crippen MR) is 78.5 cm³/mol. The number of nitrogens with one attached hydrogen (secondary N) is 1. The number of hydrogen-bond donors (Lipinski definition) is 1. The number of Topliss-reactive ketones (excluding diaryl/α,β-unsaturated/α-hetero) is 1. The lowest BCUT2D eigenvalue weighted by molar-refractivity contribution is -0.116. The molecule has 1 amide bonds. The number of furan rings is 1. The number of carbonyl (C=O) groups excluding carboxylic acids is 2. The lowest BCUT2D eigenvalue weighted by Crippen LogP contribution is -2.13. The van der Waals surface area contributed by atoms with Crippen LogP contribution in [0.5, 0.6) is 5.75 Å². The van der Waals surface area contributed by atoms with Crippen molar-refractivity contribution in [2.45, 2.75) is 19.8 Å². The number of ketones is 1. The van der Waals surface area contributed by atoms with E-state index in [9.17, 15) is 9.59 Å². The first kappa shape index (κ1) is 14.8. The van der Waals surface area contributed by atoms with Gasteiger partial charge >= 0.3 is 0 Å². The Bertz CT molecular complexity index is 587. The highest BCUT2D eigenvalue weighted by Gasteiger charge is 2.11. The fourth-order valence-electron chi connectivity index (χ4n) is 1.81. The Hall–Kier alpha value is -2.56. The predicted octanol–water partition coefficient (Wildman–Crippen LogP) is 3.28. The lowest BCUT2D eigenvalue weighted by Gasteiger charge is -2.06. The van der Waals surface area contributed by atoms with Gasteiger partial charge in [-0.2, -0.15) is 0 Å². The fourth-order valence-corrected chi connectivity index (χ4v) is 1.81. The van der Waals surface area contributed by atoms with E-state index < -0.39 is 0 Å². The smallest absolute Gasteiger partial charge is 0.224 e. The van der Waals surface area contributed by atoms with Crippen LogP contribution in [0.1, 0.15) is 30.3 Å². The van der Waals surface area contributed by atoms with E-state index in [1.807, 2.05) is 6.92 Å². The first-order chi connectivity index (χ1) is 10.2. The molecule has 0 radical (unpaired) electrons. The van der Waals surface area contributed by atoms with E-state index >= 15 is 0 Å². The number of benzene rings is 1. The molecule has 5 nitrogen and oxygen atoms in total. The standard InChI is InChI=1S/C16H17NO4/c1-2-20-13-7-5-12(6-8-13)17-16(19)10-9-14(18)15-4-3-11-21-15/h3-8,11H,2,9-10H2,1H3,(H,17,19). The summed E-state index contributed by atoms with van der Waals surface area (Å²) in [6.45, 7) is 2.51. The maximum atomic E-state index is 11.8. The summed E-state index contributed by atoms with van der Waals surface area (Å²) in [5.41, 5.74) is 0.675. The summed E-state index contributed by atoms with van der Waals surface area (Å²) in [4.78, 5) is 23.5. The Kier molecular flexibility index (Phi) is 5.15. The average Bonchev–Trinajstić information content (AvgIpc) is 3.01. The van der Waals surface area contributed by atoms with Gasteiger partial charge in [0.2, 0.25) is 5.91 Å². The van der Waals surface area contributed by atoms with E-state index in [4.69, 9.17) is 9.15 Å². The van der Waals surface area contributed by atoms with Crippen molar-refractivity contribution >= 4 is 17.4 Å². The number of rotatable bonds is 7. The Morgan fingerprint density at radius 3 is 2.52 bits per heavy atom. The van der Waals surface area contributed by atoms with E-state index in [1.165, 1.54) is 6.26 Å². The maximum absolute atomic E-state index is 11.8. The third-order valence-electron chi connectivity index (χ3n) is 2.82. The van der Waals surface area contributed by atoms with E-state index in [1.54, 1.807) is 36.4 Å². The fraction of sp³-hybridized carbons (Fsp3) is 0.250. The van der Waals surface area contributed by atoms with Gasteiger partial charge in [-0.15, -0.1) is 0 Å². The number of hydrogen-bond acceptors (Lipinski definition) is 4. The number of carbonyl (C=O) groups is 2. The van der Waals surface area contributed by atoms with Crippen LogP contribution in [0.2, 0.25) is 0 Å². The quantitative estimate of drug-likeness (QED) is 0.793. The molecular weight excluding hydrogens is 270 g/mol. The number of anilines is 1. The van der Waals surface area contributed by atoms with Crippen LogP contribution in [-0.2, 0) is 4.79 Å². The van der Waals surface area contributed by atoms with Gasteiger partial charge in [-0.3, -0.25) is 9.59 Å². The molecule has 0 bridgehead atoms. The number of amides is 1. The van der Waals surface area contributed by atoms with E-state index in [0.717, 1.165) is 5.75 Å². The monoisotopic (exact) mass is 287 g/mol. The third-order valence-corrected chi connectivity index (χ3v) is 2.82. The average molecular weight is 287 g/mol. The lowest BCUT2D eigenvalue weighted by atomic mass is 10.1. The van der Waals surface area contributed by atoms with Crippen molar-refractivity contribution in [3.63, 3.8) is 0 Å². The van der Waals surface area contributed by atoms with Crippen LogP contribution >= 0.6 is 0 Å². The minimum atomic E-state index is -0.209. The van der Waals surface area contributed by atoms with Crippen molar-refractivity contribution in [2.75, 3.05) is 11.9 Å². The van der Waals surface area contributed by atoms with E-state index in [0.29, 0.717) is 12.3 Å². The zero-order chi connectivity index (χ0) is 15.1. The van der Waals surface area contributed by atoms with E-state index in [2.05, 4.69) is 5.32 Å². The maximum Gasteiger partial charge on any atom is 0.224 e. The molecule has 0 fully saturated rings. The largest absolute Gasteiger partial charge is 0.494 e. The molecule has 0 saturated heterocycles. The van der Waals surface area contributed by atoms with Crippen LogP contribution in [0.3, 0.4) is 0 Å². The van der Waals surface area contributed by atoms with Gasteiger partial charge in [0.1, 0.15) is 5.75 Å². The first-order valence-corrected chi connectivity index (χ1v) is 6.78. The first-order valence-electron chi connectivity index (χ1n) is 6.78. The van der Waals surface area contributed by atoms with Gasteiger partial charge in [0.25, 0.3) is 0 Å². The molecule has 2 aromatic rings. The molecule has 1 aromatic carbocycles. The van der Waals surface area contributed by atoms with Crippen molar-refractivity contribution in [1.82, 2.24) is 0 Å². The Balaban J connectivity index is 1.80. The van der Waals surface area contributed by atoms with Crippen molar-refractivity contribution < 1.29 is 18.7 Å². The van der Waals surface area contributed by atoms with Crippen LogP contribution in [-0.4, -0.2) is 18.3 Å². The molecule has 0 unspecified atom stereocenters. The Morgan fingerprint density at radius 1 is 1.14 bits per heavy atom. The zero-order valence-corrected chi connectivity index (χ0v) is 11.8. The Labute approximate surface area is 122 Å². The number of ether oxygens (including phenoxy) is 1. The summed E-state index contributed by atoms with van der Waals surface area (Å²) in [5.74, 6) is 0.647. The molecule has 0 aliphatic rings. The highest BCUT2D eigenvalue weighted by atomic mass is 16.5. The molecule has 0 spiro atoms. The molecule has 2 rings (SSSR count). The summed E-state index contributed by atoms with van der Waals surface area (Å²) < 4.78 is 10.3. The van der Waals surface area contributed by atoms with E-state index in [-0.39, 0.29) is 30.3 Å².